The Morgan fingerprint density at radius 3 is 2.39 bits per heavy atom. The van der Waals surface area contributed by atoms with Crippen LogP contribution in [0.1, 0.15) is 61.6 Å². The van der Waals surface area contributed by atoms with Gasteiger partial charge in [-0.2, -0.15) is 5.26 Å². The van der Waals surface area contributed by atoms with Crippen molar-refractivity contribution in [3.63, 3.8) is 0 Å². The van der Waals surface area contributed by atoms with Crippen molar-refractivity contribution in [3.8, 4) is 6.07 Å². The van der Waals surface area contributed by atoms with E-state index < -0.39 is 0 Å². The van der Waals surface area contributed by atoms with Gasteiger partial charge in [-0.15, -0.1) is 0 Å². The van der Waals surface area contributed by atoms with Gasteiger partial charge in [-0.25, -0.2) is 0 Å². The lowest BCUT2D eigenvalue weighted by molar-refractivity contribution is 0.102. The highest BCUT2D eigenvalue weighted by Crippen LogP contribution is 2.30. The summed E-state index contributed by atoms with van der Waals surface area (Å²) in [6.45, 7) is 4.74. The molecule has 2 fully saturated rings. The third-order valence-electron chi connectivity index (χ3n) is 7.20. The molecule has 3 aromatic rings. The molecule has 5 N–H and O–H groups in total. The van der Waals surface area contributed by atoms with Crippen molar-refractivity contribution >= 4 is 17.3 Å². The SMILES string of the molecule is CN1CCC[C@@H]1c1cccc(C(=O)Nc2ccc(CCN3CCCC3)cc2)c1.N#Cc1cccc(N)c1.O.[HH].[HH]. The molecule has 2 aliphatic rings. The Hall–Kier alpha value is -3.70. The van der Waals surface area contributed by atoms with E-state index in [1.54, 1.807) is 24.3 Å². The van der Waals surface area contributed by atoms with Crippen LogP contribution in [0.5, 0.6) is 0 Å². The smallest absolute Gasteiger partial charge is 0.255 e. The number of nitrogens with two attached hydrogens (primary N) is 1. The molecule has 2 saturated heterocycles. The minimum atomic E-state index is -0.0349. The molecule has 2 heterocycles. The lowest BCUT2D eigenvalue weighted by Crippen LogP contribution is -2.21. The Bertz CT molecular complexity index is 1230. The van der Waals surface area contributed by atoms with Crippen LogP contribution in [0.4, 0.5) is 11.4 Å². The fourth-order valence-corrected chi connectivity index (χ4v) is 5.08. The number of likely N-dealkylation sites (tertiary alicyclic amines) is 2. The minimum Gasteiger partial charge on any atom is -0.412 e. The second kappa shape index (κ2) is 14.3. The van der Waals surface area contributed by atoms with E-state index >= 15 is 0 Å². The van der Waals surface area contributed by atoms with E-state index in [1.165, 1.54) is 49.9 Å². The van der Waals surface area contributed by atoms with Gasteiger partial charge in [0.25, 0.3) is 5.91 Å². The predicted molar refractivity (Wildman–Crippen MR) is 158 cm³/mol. The molecule has 0 aromatic heterocycles. The van der Waals surface area contributed by atoms with Crippen LogP contribution in [-0.4, -0.2) is 54.4 Å². The second-order valence-corrected chi connectivity index (χ2v) is 9.95. The zero-order chi connectivity index (χ0) is 26.0. The topological polar surface area (TPSA) is 117 Å². The van der Waals surface area contributed by atoms with Gasteiger partial charge in [0, 0.05) is 32.4 Å². The van der Waals surface area contributed by atoms with Crippen molar-refractivity contribution < 1.29 is 13.1 Å². The Morgan fingerprint density at radius 2 is 1.76 bits per heavy atom. The van der Waals surface area contributed by atoms with Gasteiger partial charge >= 0.3 is 0 Å². The largest absolute Gasteiger partial charge is 0.412 e. The molecule has 7 nitrogen and oxygen atoms in total. The Labute approximate surface area is 229 Å². The van der Waals surface area contributed by atoms with Crippen molar-refractivity contribution in [2.24, 2.45) is 0 Å². The van der Waals surface area contributed by atoms with Crippen LogP contribution >= 0.6 is 0 Å². The second-order valence-electron chi connectivity index (χ2n) is 9.95. The first-order chi connectivity index (χ1) is 18.0. The molecule has 0 saturated carbocycles. The number of hydrogen-bond donors (Lipinski definition) is 2. The number of carbonyl (C=O) groups is 1. The molecule has 204 valence electrons. The zero-order valence-corrected chi connectivity index (χ0v) is 22.2. The lowest BCUT2D eigenvalue weighted by Gasteiger charge is -2.20. The lowest BCUT2D eigenvalue weighted by atomic mass is 10.0. The zero-order valence-electron chi connectivity index (χ0n) is 22.2. The molecular formula is C31H43N5O2. The molecule has 0 aliphatic carbocycles. The van der Waals surface area contributed by atoms with E-state index in [2.05, 4.69) is 40.4 Å². The van der Waals surface area contributed by atoms with Gasteiger partial charge in [-0.3, -0.25) is 9.69 Å². The molecule has 5 rings (SSSR count). The van der Waals surface area contributed by atoms with Crippen LogP contribution < -0.4 is 11.1 Å². The molecule has 7 heteroatoms. The normalized spacial score (nSPS) is 17.1. The number of nitrogens with one attached hydrogen (secondary N) is 1. The van der Waals surface area contributed by atoms with Gasteiger partial charge in [0.2, 0.25) is 0 Å². The van der Waals surface area contributed by atoms with Gasteiger partial charge in [0.15, 0.2) is 0 Å². The van der Waals surface area contributed by atoms with Crippen LogP contribution in [0.15, 0.2) is 72.8 Å². The van der Waals surface area contributed by atoms with E-state index in [0.29, 0.717) is 17.3 Å². The highest BCUT2D eigenvalue weighted by atomic mass is 16.1. The quantitative estimate of drug-likeness (QED) is 0.439. The van der Waals surface area contributed by atoms with Gasteiger partial charge < -0.3 is 21.4 Å². The standard InChI is InChI=1S/C24H31N3O.C7H6N2.H2O.2H2/c1-26-14-5-8-23(26)20-6-4-7-21(18-20)24(28)25-22-11-9-19(10-12-22)13-17-27-15-2-3-16-27;8-5-6-2-1-3-7(9)4-6;;;/h4,6-7,9-12,18,23H,2-3,5,8,13-17H2,1H3,(H,25,28);1-4H,9H2;1H2;2*1H/t23-;;;;/m1..../s1. The summed E-state index contributed by atoms with van der Waals surface area (Å²) in [6.07, 6.45) is 6.14. The van der Waals surface area contributed by atoms with Crippen molar-refractivity contribution in [1.29, 1.82) is 5.26 Å². The Kier molecular flexibility index (Phi) is 10.9. The number of nitriles is 1. The summed E-state index contributed by atoms with van der Waals surface area (Å²) in [5, 5.41) is 11.4. The summed E-state index contributed by atoms with van der Waals surface area (Å²) >= 11 is 0. The number of nitrogen functional groups attached to an aromatic ring is 1. The highest BCUT2D eigenvalue weighted by molar-refractivity contribution is 6.04. The van der Waals surface area contributed by atoms with Gasteiger partial charge in [0.05, 0.1) is 11.6 Å². The number of hydrogen-bond acceptors (Lipinski definition) is 5. The monoisotopic (exact) mass is 517 g/mol. The molecule has 1 atom stereocenters. The number of benzene rings is 3. The van der Waals surface area contributed by atoms with Gasteiger partial charge in [-0.05, 0) is 112 Å². The predicted octanol–water partition coefficient (Wildman–Crippen LogP) is 5.15. The maximum atomic E-state index is 12.7. The van der Waals surface area contributed by atoms with Crippen LogP contribution in [0.3, 0.4) is 0 Å². The van der Waals surface area contributed by atoms with Crippen LogP contribution in [0, 0.1) is 11.3 Å². The van der Waals surface area contributed by atoms with E-state index in [4.69, 9.17) is 11.0 Å². The molecule has 1 amide bonds. The summed E-state index contributed by atoms with van der Waals surface area (Å²) in [6, 6.07) is 25.7. The van der Waals surface area contributed by atoms with Crippen LogP contribution in [0.25, 0.3) is 0 Å². The van der Waals surface area contributed by atoms with Crippen LogP contribution in [-0.2, 0) is 6.42 Å². The third-order valence-corrected chi connectivity index (χ3v) is 7.20. The highest BCUT2D eigenvalue weighted by Gasteiger charge is 2.23. The summed E-state index contributed by atoms with van der Waals surface area (Å²) in [5.41, 5.74) is 10.8. The van der Waals surface area contributed by atoms with Crippen LogP contribution in [0.2, 0.25) is 0 Å². The van der Waals surface area contributed by atoms with Crippen molar-refractivity contribution in [2.75, 3.05) is 44.3 Å². The maximum absolute atomic E-state index is 12.7. The summed E-state index contributed by atoms with van der Waals surface area (Å²) in [4.78, 5) is 17.6. The first-order valence-electron chi connectivity index (χ1n) is 13.2. The Balaban J connectivity index is 0.000000575. The van der Waals surface area contributed by atoms with E-state index in [0.717, 1.165) is 30.8 Å². The average Bonchev–Trinajstić information content (AvgIpc) is 3.60. The van der Waals surface area contributed by atoms with E-state index in [9.17, 15) is 4.79 Å². The number of anilines is 2. The summed E-state index contributed by atoms with van der Waals surface area (Å²) in [7, 11) is 2.16. The average molecular weight is 518 g/mol. The first kappa shape index (κ1) is 28.9. The molecule has 3 aromatic carbocycles. The minimum absolute atomic E-state index is 0. The number of amides is 1. The molecule has 0 unspecified atom stereocenters. The molecular weight excluding hydrogens is 474 g/mol. The third kappa shape index (κ3) is 8.15. The first-order valence-corrected chi connectivity index (χ1v) is 13.2. The molecule has 0 bridgehead atoms. The maximum Gasteiger partial charge on any atom is 0.255 e. The number of nitrogens with zero attached hydrogens (tertiary/aromatic N) is 3. The Morgan fingerprint density at radius 1 is 1.03 bits per heavy atom. The number of carbonyl (C=O) groups excluding carboxylic acids is 1. The molecule has 38 heavy (non-hydrogen) atoms. The van der Waals surface area contributed by atoms with E-state index in [1.807, 2.05) is 36.4 Å². The molecule has 0 spiro atoms. The number of rotatable bonds is 6. The van der Waals surface area contributed by atoms with E-state index in [-0.39, 0.29) is 14.2 Å². The molecule has 0 radical (unpaired) electrons. The summed E-state index contributed by atoms with van der Waals surface area (Å²) < 4.78 is 0. The van der Waals surface area contributed by atoms with Gasteiger partial charge in [-0.1, -0.05) is 30.3 Å². The fourth-order valence-electron chi connectivity index (χ4n) is 5.08. The van der Waals surface area contributed by atoms with Crippen molar-refractivity contribution in [3.05, 3.63) is 95.1 Å². The van der Waals surface area contributed by atoms with Gasteiger partial charge in [0.1, 0.15) is 0 Å². The van der Waals surface area contributed by atoms with Crippen molar-refractivity contribution in [2.45, 2.75) is 38.1 Å². The molecule has 2 aliphatic heterocycles. The summed E-state index contributed by atoms with van der Waals surface area (Å²) in [5.74, 6) is -0.0349. The fraction of sp³-hybridized carbons (Fsp3) is 0.355. The van der Waals surface area contributed by atoms with Crippen molar-refractivity contribution in [1.82, 2.24) is 9.80 Å².